The molecule has 0 bridgehead atoms. The molecule has 4 heteroatoms. The largest absolute Gasteiger partial charge is 0.457 e. The topological polar surface area (TPSA) is 52.6 Å². The van der Waals surface area contributed by atoms with Crippen molar-refractivity contribution < 1.29 is 19.1 Å². The first-order chi connectivity index (χ1) is 11.3. The summed E-state index contributed by atoms with van der Waals surface area (Å²) in [5.41, 5.74) is 2.08. The summed E-state index contributed by atoms with van der Waals surface area (Å²) >= 11 is 0. The van der Waals surface area contributed by atoms with Crippen LogP contribution in [0.3, 0.4) is 0 Å². The third-order valence-electron chi connectivity index (χ3n) is 3.32. The molecule has 0 aliphatic rings. The molecule has 0 amide bonds. The van der Waals surface area contributed by atoms with Gasteiger partial charge in [-0.2, -0.15) is 0 Å². The monoisotopic (exact) mass is 312 g/mol. The lowest BCUT2D eigenvalue weighted by Gasteiger charge is -2.06. The van der Waals surface area contributed by atoms with E-state index in [1.165, 1.54) is 5.56 Å². The predicted molar refractivity (Wildman–Crippen MR) is 86.6 cm³/mol. The summed E-state index contributed by atoms with van der Waals surface area (Å²) in [6.45, 7) is 0.300. The van der Waals surface area contributed by atoms with E-state index in [0.717, 1.165) is 18.4 Å². The molecular formula is C19H20O4. The number of ether oxygens (including phenoxy) is 2. The van der Waals surface area contributed by atoms with Gasteiger partial charge in [0.2, 0.25) is 0 Å². The first kappa shape index (κ1) is 16.7. The second-order valence-corrected chi connectivity index (χ2v) is 5.14. The fraction of sp³-hybridized carbons (Fsp3) is 0.263. The number of esters is 2. The fourth-order valence-corrected chi connectivity index (χ4v) is 2.08. The summed E-state index contributed by atoms with van der Waals surface area (Å²) < 4.78 is 9.82. The Bertz CT molecular complexity index is 608. The van der Waals surface area contributed by atoms with E-state index in [9.17, 15) is 9.59 Å². The van der Waals surface area contributed by atoms with Gasteiger partial charge in [0.1, 0.15) is 6.61 Å². The minimum Gasteiger partial charge on any atom is -0.457 e. The zero-order chi connectivity index (χ0) is 16.3. The maximum Gasteiger partial charge on any atom is 0.417 e. The Hall–Kier alpha value is -2.62. The quantitative estimate of drug-likeness (QED) is 0.447. The average Bonchev–Trinajstić information content (AvgIpc) is 2.61. The molecule has 2 rings (SSSR count). The van der Waals surface area contributed by atoms with Crippen LogP contribution in [-0.4, -0.2) is 18.5 Å². The zero-order valence-electron chi connectivity index (χ0n) is 12.9. The van der Waals surface area contributed by atoms with Gasteiger partial charge in [-0.25, -0.2) is 9.59 Å². The maximum absolute atomic E-state index is 11.5. The van der Waals surface area contributed by atoms with Crippen LogP contribution in [0.5, 0.6) is 0 Å². The van der Waals surface area contributed by atoms with E-state index >= 15 is 0 Å². The van der Waals surface area contributed by atoms with E-state index in [-0.39, 0.29) is 13.2 Å². The third-order valence-corrected chi connectivity index (χ3v) is 3.32. The Kier molecular flexibility index (Phi) is 6.85. The van der Waals surface area contributed by atoms with Crippen LogP contribution < -0.4 is 0 Å². The lowest BCUT2D eigenvalue weighted by molar-refractivity contribution is -0.168. The van der Waals surface area contributed by atoms with Gasteiger partial charge in [-0.15, -0.1) is 0 Å². The molecule has 0 heterocycles. The van der Waals surface area contributed by atoms with Gasteiger partial charge in [0.05, 0.1) is 6.61 Å². The minimum absolute atomic E-state index is 0.0722. The third kappa shape index (κ3) is 6.34. The highest BCUT2D eigenvalue weighted by molar-refractivity contribution is 6.29. The molecule has 0 N–H and O–H groups in total. The van der Waals surface area contributed by atoms with E-state index in [1.54, 1.807) is 0 Å². The molecule has 0 spiro atoms. The normalized spacial score (nSPS) is 10.1. The standard InChI is InChI=1S/C19H20O4/c20-18(19(21)23-15-17-12-5-2-6-13-17)22-14-8-7-11-16-9-3-1-4-10-16/h1-6,9-10,12-13H,7-8,11,14-15H2. The number of benzene rings is 2. The molecule has 2 aromatic rings. The molecule has 0 aliphatic heterocycles. The van der Waals surface area contributed by atoms with E-state index in [2.05, 4.69) is 12.1 Å². The number of hydrogen-bond donors (Lipinski definition) is 0. The molecule has 120 valence electrons. The summed E-state index contributed by atoms with van der Waals surface area (Å²) in [7, 11) is 0. The lowest BCUT2D eigenvalue weighted by atomic mass is 10.1. The van der Waals surface area contributed by atoms with Gasteiger partial charge in [-0.1, -0.05) is 60.7 Å². The molecule has 0 saturated carbocycles. The van der Waals surface area contributed by atoms with E-state index in [1.807, 2.05) is 48.5 Å². The second-order valence-electron chi connectivity index (χ2n) is 5.14. The van der Waals surface area contributed by atoms with Crippen LogP contribution in [0, 0.1) is 0 Å². The van der Waals surface area contributed by atoms with E-state index < -0.39 is 11.9 Å². The van der Waals surface area contributed by atoms with Gasteiger partial charge in [0.15, 0.2) is 0 Å². The summed E-state index contributed by atoms with van der Waals surface area (Å²) in [4.78, 5) is 23.0. The average molecular weight is 312 g/mol. The van der Waals surface area contributed by atoms with Crippen LogP contribution >= 0.6 is 0 Å². The summed E-state index contributed by atoms with van der Waals surface area (Å²) in [6, 6.07) is 19.3. The first-order valence-corrected chi connectivity index (χ1v) is 7.67. The Morgan fingerprint density at radius 1 is 0.696 bits per heavy atom. The summed E-state index contributed by atoms with van der Waals surface area (Å²) in [5, 5.41) is 0. The highest BCUT2D eigenvalue weighted by Crippen LogP contribution is 2.05. The number of carbonyl (C=O) groups is 2. The number of aryl methyl sites for hydroxylation is 1. The maximum atomic E-state index is 11.5. The molecule has 0 fully saturated rings. The molecule has 0 radical (unpaired) electrons. The van der Waals surface area contributed by atoms with Gasteiger partial charge >= 0.3 is 11.9 Å². The van der Waals surface area contributed by atoms with Crippen molar-refractivity contribution in [2.24, 2.45) is 0 Å². The van der Waals surface area contributed by atoms with E-state index in [4.69, 9.17) is 9.47 Å². The molecule has 0 atom stereocenters. The van der Waals surface area contributed by atoms with Crippen molar-refractivity contribution in [1.82, 2.24) is 0 Å². The molecule has 0 unspecified atom stereocenters. The molecule has 0 aliphatic carbocycles. The van der Waals surface area contributed by atoms with Crippen LogP contribution in [0.4, 0.5) is 0 Å². The molecule has 0 saturated heterocycles. The van der Waals surface area contributed by atoms with Crippen LogP contribution in [0.1, 0.15) is 24.0 Å². The molecule has 2 aromatic carbocycles. The van der Waals surface area contributed by atoms with Crippen molar-refractivity contribution >= 4 is 11.9 Å². The van der Waals surface area contributed by atoms with Crippen molar-refractivity contribution in [2.75, 3.05) is 6.61 Å². The van der Waals surface area contributed by atoms with Crippen molar-refractivity contribution in [1.29, 1.82) is 0 Å². The first-order valence-electron chi connectivity index (χ1n) is 7.67. The molecule has 23 heavy (non-hydrogen) atoms. The van der Waals surface area contributed by atoms with Crippen LogP contribution in [0.25, 0.3) is 0 Å². The number of rotatable bonds is 7. The Morgan fingerprint density at radius 2 is 1.26 bits per heavy atom. The second kappa shape index (κ2) is 9.41. The van der Waals surface area contributed by atoms with Gasteiger partial charge in [-0.3, -0.25) is 0 Å². The van der Waals surface area contributed by atoms with Crippen LogP contribution in [0.2, 0.25) is 0 Å². The Morgan fingerprint density at radius 3 is 1.91 bits per heavy atom. The predicted octanol–water partition coefficient (Wildman–Crippen LogP) is 3.30. The van der Waals surface area contributed by atoms with Crippen molar-refractivity contribution in [3.8, 4) is 0 Å². The summed E-state index contributed by atoms with van der Waals surface area (Å²) in [5.74, 6) is -1.88. The van der Waals surface area contributed by atoms with Crippen LogP contribution in [-0.2, 0) is 32.1 Å². The van der Waals surface area contributed by atoms with Gasteiger partial charge in [0, 0.05) is 0 Å². The van der Waals surface area contributed by atoms with Crippen molar-refractivity contribution in [3.05, 3.63) is 71.8 Å². The number of hydrogen-bond acceptors (Lipinski definition) is 4. The van der Waals surface area contributed by atoms with Gasteiger partial charge in [-0.05, 0) is 30.4 Å². The lowest BCUT2D eigenvalue weighted by Crippen LogP contribution is -2.20. The SMILES string of the molecule is O=C(OCCCCc1ccccc1)C(=O)OCc1ccccc1. The fourth-order valence-electron chi connectivity index (χ4n) is 2.08. The highest BCUT2D eigenvalue weighted by atomic mass is 16.6. The van der Waals surface area contributed by atoms with E-state index in [0.29, 0.717) is 6.42 Å². The van der Waals surface area contributed by atoms with Gasteiger partial charge in [0.25, 0.3) is 0 Å². The van der Waals surface area contributed by atoms with Gasteiger partial charge < -0.3 is 9.47 Å². The smallest absolute Gasteiger partial charge is 0.417 e. The van der Waals surface area contributed by atoms with Crippen molar-refractivity contribution in [2.45, 2.75) is 25.9 Å². The Labute approximate surface area is 136 Å². The molecular weight excluding hydrogens is 292 g/mol. The van der Waals surface area contributed by atoms with Crippen LogP contribution in [0.15, 0.2) is 60.7 Å². The number of carbonyl (C=O) groups excluding carboxylic acids is 2. The molecule has 0 aromatic heterocycles. The summed E-state index contributed by atoms with van der Waals surface area (Å²) in [6.07, 6.45) is 2.54. The minimum atomic E-state index is -0.947. The Balaban J connectivity index is 1.58. The zero-order valence-corrected chi connectivity index (χ0v) is 12.9. The highest BCUT2D eigenvalue weighted by Gasteiger charge is 2.16. The number of unbranched alkanes of at least 4 members (excludes halogenated alkanes) is 1. The molecule has 4 nitrogen and oxygen atoms in total. The van der Waals surface area contributed by atoms with Crippen molar-refractivity contribution in [3.63, 3.8) is 0 Å².